The highest BCUT2D eigenvalue weighted by molar-refractivity contribution is 5.78. The molecule has 0 saturated carbocycles. The zero-order chi connectivity index (χ0) is 14.3. The molecule has 0 radical (unpaired) electrons. The first-order valence-electron chi connectivity index (χ1n) is 7.20. The Balaban J connectivity index is 2.28. The summed E-state index contributed by atoms with van der Waals surface area (Å²) in [5.41, 5.74) is 0. The Morgan fingerprint density at radius 2 is 1.84 bits per heavy atom. The Morgan fingerprint density at radius 3 is 2.32 bits per heavy atom. The molecule has 1 amide bonds. The third-order valence-electron chi connectivity index (χ3n) is 3.76. The number of ether oxygens (including phenoxy) is 1. The second kappa shape index (κ2) is 8.15. The molecular weight excluding hydrogens is 246 g/mol. The molecule has 1 heterocycles. The van der Waals surface area contributed by atoms with E-state index in [1.165, 1.54) is 0 Å². The van der Waals surface area contributed by atoms with Crippen LogP contribution in [0.25, 0.3) is 0 Å². The Kier molecular flexibility index (Phi) is 6.84. The van der Waals surface area contributed by atoms with Gasteiger partial charge in [0, 0.05) is 19.0 Å². The van der Waals surface area contributed by atoms with Crippen LogP contribution in [0.3, 0.4) is 0 Å². The van der Waals surface area contributed by atoms with Gasteiger partial charge in [-0.25, -0.2) is 0 Å². The van der Waals surface area contributed by atoms with Crippen LogP contribution < -0.4 is 0 Å². The quantitative estimate of drug-likeness (QED) is 0.768. The van der Waals surface area contributed by atoms with Crippen LogP contribution in [0.1, 0.15) is 46.0 Å². The zero-order valence-electron chi connectivity index (χ0n) is 11.9. The van der Waals surface area contributed by atoms with Crippen molar-refractivity contribution < 1.29 is 19.4 Å². The molecule has 1 saturated heterocycles. The van der Waals surface area contributed by atoms with Gasteiger partial charge in [0.15, 0.2) is 0 Å². The van der Waals surface area contributed by atoms with E-state index >= 15 is 0 Å². The zero-order valence-corrected chi connectivity index (χ0v) is 11.9. The molecule has 0 atom stereocenters. The average molecular weight is 271 g/mol. The topological polar surface area (TPSA) is 66.8 Å². The maximum Gasteiger partial charge on any atom is 0.305 e. The van der Waals surface area contributed by atoms with Crippen molar-refractivity contribution in [3.05, 3.63) is 0 Å². The molecule has 1 fully saturated rings. The fourth-order valence-electron chi connectivity index (χ4n) is 2.45. The van der Waals surface area contributed by atoms with E-state index in [-0.39, 0.29) is 31.0 Å². The van der Waals surface area contributed by atoms with Gasteiger partial charge in [-0.1, -0.05) is 13.8 Å². The molecule has 0 unspecified atom stereocenters. The third-order valence-corrected chi connectivity index (χ3v) is 3.76. The molecule has 1 N–H and O–H groups in total. The van der Waals surface area contributed by atoms with Gasteiger partial charge in [0.25, 0.3) is 0 Å². The summed E-state index contributed by atoms with van der Waals surface area (Å²) in [5.74, 6) is -0.431. The van der Waals surface area contributed by atoms with Gasteiger partial charge < -0.3 is 14.7 Å². The van der Waals surface area contributed by atoms with Crippen LogP contribution in [-0.4, -0.2) is 47.7 Å². The summed E-state index contributed by atoms with van der Waals surface area (Å²) in [6.45, 7) is 5.82. The second-order valence-corrected chi connectivity index (χ2v) is 5.05. The van der Waals surface area contributed by atoms with E-state index < -0.39 is 5.97 Å². The number of carbonyl (C=O) groups is 2. The first kappa shape index (κ1) is 16.0. The Hall–Kier alpha value is -1.10. The Bertz CT molecular complexity index is 294. The first-order chi connectivity index (χ1) is 9.08. The number of carboxylic acid groups (broad SMARTS) is 1. The number of carboxylic acids is 1. The van der Waals surface area contributed by atoms with Crippen molar-refractivity contribution >= 4 is 11.9 Å². The van der Waals surface area contributed by atoms with Crippen molar-refractivity contribution in [3.8, 4) is 0 Å². The molecule has 5 heteroatoms. The lowest BCUT2D eigenvalue weighted by Crippen LogP contribution is -2.43. The first-order valence-corrected chi connectivity index (χ1v) is 7.20. The molecule has 0 bridgehead atoms. The molecule has 1 aliphatic rings. The molecule has 1 aliphatic heterocycles. The average Bonchev–Trinajstić information content (AvgIpc) is 2.40. The molecule has 0 aromatic heterocycles. The summed E-state index contributed by atoms with van der Waals surface area (Å²) in [7, 11) is 0. The van der Waals surface area contributed by atoms with Crippen LogP contribution in [0.5, 0.6) is 0 Å². The van der Waals surface area contributed by atoms with Crippen molar-refractivity contribution in [3.63, 3.8) is 0 Å². The van der Waals surface area contributed by atoms with Gasteiger partial charge in [0.2, 0.25) is 5.91 Å². The molecule has 0 aromatic rings. The van der Waals surface area contributed by atoms with Gasteiger partial charge in [-0.15, -0.1) is 0 Å². The van der Waals surface area contributed by atoms with Crippen LogP contribution in [0.2, 0.25) is 0 Å². The van der Waals surface area contributed by atoms with E-state index in [4.69, 9.17) is 9.84 Å². The number of rotatable bonds is 7. The van der Waals surface area contributed by atoms with Crippen molar-refractivity contribution in [1.82, 2.24) is 4.90 Å². The lowest BCUT2D eigenvalue weighted by molar-refractivity contribution is -0.139. The molecule has 110 valence electrons. The van der Waals surface area contributed by atoms with Crippen LogP contribution in [-0.2, 0) is 14.3 Å². The smallest absolute Gasteiger partial charge is 0.305 e. The number of aliphatic carboxylic acids is 1. The minimum absolute atomic E-state index is 0.0485. The van der Waals surface area contributed by atoms with Crippen LogP contribution >= 0.6 is 0 Å². The molecule has 0 aromatic carbocycles. The highest BCUT2D eigenvalue weighted by Gasteiger charge is 2.26. The molecule has 5 nitrogen and oxygen atoms in total. The Morgan fingerprint density at radius 1 is 1.26 bits per heavy atom. The van der Waals surface area contributed by atoms with E-state index in [0.717, 1.165) is 38.8 Å². The predicted molar refractivity (Wildman–Crippen MR) is 71.9 cm³/mol. The lowest BCUT2D eigenvalue weighted by atomic mass is 9.99. The summed E-state index contributed by atoms with van der Waals surface area (Å²) >= 11 is 0. The fraction of sp³-hybridized carbons (Fsp3) is 0.857. The van der Waals surface area contributed by atoms with E-state index in [0.29, 0.717) is 0 Å². The number of piperidine rings is 1. The maximum absolute atomic E-state index is 12.2. The predicted octanol–water partition coefficient (Wildman–Crippen LogP) is 1.90. The summed E-state index contributed by atoms with van der Waals surface area (Å²) in [4.78, 5) is 24.5. The number of likely N-dealkylation sites (tertiary alicyclic amines) is 1. The van der Waals surface area contributed by atoms with Crippen molar-refractivity contribution in [2.24, 2.45) is 5.92 Å². The van der Waals surface area contributed by atoms with E-state index in [1.54, 1.807) is 0 Å². The van der Waals surface area contributed by atoms with Crippen molar-refractivity contribution in [2.45, 2.75) is 52.1 Å². The van der Waals surface area contributed by atoms with Gasteiger partial charge in [-0.2, -0.15) is 0 Å². The van der Waals surface area contributed by atoms with Gasteiger partial charge in [0.05, 0.1) is 19.1 Å². The number of carbonyl (C=O) groups excluding carboxylic acids is 1. The van der Waals surface area contributed by atoms with Crippen LogP contribution in [0.15, 0.2) is 0 Å². The summed E-state index contributed by atoms with van der Waals surface area (Å²) < 4.78 is 5.52. The molecule has 19 heavy (non-hydrogen) atoms. The molecule has 0 aliphatic carbocycles. The largest absolute Gasteiger partial charge is 0.481 e. The van der Waals surface area contributed by atoms with Crippen LogP contribution in [0.4, 0.5) is 0 Å². The highest BCUT2D eigenvalue weighted by Crippen LogP contribution is 2.18. The molecular formula is C14H25NO4. The minimum atomic E-state index is -0.832. The van der Waals surface area contributed by atoms with Crippen molar-refractivity contribution in [1.29, 1.82) is 0 Å². The van der Waals surface area contributed by atoms with Crippen molar-refractivity contribution in [2.75, 3.05) is 19.7 Å². The van der Waals surface area contributed by atoms with Gasteiger partial charge in [0.1, 0.15) is 0 Å². The fourth-order valence-corrected chi connectivity index (χ4v) is 2.45. The number of nitrogens with zero attached hydrogens (tertiary/aromatic N) is 1. The second-order valence-electron chi connectivity index (χ2n) is 5.05. The monoisotopic (exact) mass is 271 g/mol. The van der Waals surface area contributed by atoms with E-state index in [9.17, 15) is 9.59 Å². The Labute approximate surface area is 114 Å². The van der Waals surface area contributed by atoms with Gasteiger partial charge in [-0.3, -0.25) is 9.59 Å². The maximum atomic E-state index is 12.2. The number of amides is 1. The normalized spacial score (nSPS) is 16.9. The number of hydrogen-bond donors (Lipinski definition) is 1. The standard InChI is InChI=1S/C14H25NO4/c1-3-11(4-2)14(18)15-8-5-12(6-9-15)19-10-7-13(16)17/h11-12H,3-10H2,1-2H3,(H,16,17). The molecule has 1 rings (SSSR count). The number of hydrogen-bond acceptors (Lipinski definition) is 3. The lowest BCUT2D eigenvalue weighted by Gasteiger charge is -2.33. The highest BCUT2D eigenvalue weighted by atomic mass is 16.5. The van der Waals surface area contributed by atoms with Gasteiger partial charge >= 0.3 is 5.97 Å². The summed E-state index contributed by atoms with van der Waals surface area (Å²) in [6, 6.07) is 0. The van der Waals surface area contributed by atoms with E-state index in [2.05, 4.69) is 0 Å². The molecule has 0 spiro atoms. The summed E-state index contributed by atoms with van der Waals surface area (Å²) in [5, 5.41) is 8.54. The SMILES string of the molecule is CCC(CC)C(=O)N1CCC(OCCC(=O)O)CC1. The van der Waals surface area contributed by atoms with Crippen LogP contribution in [0, 0.1) is 5.92 Å². The third kappa shape index (κ3) is 5.19. The summed E-state index contributed by atoms with van der Waals surface area (Å²) in [6.07, 6.45) is 3.56. The minimum Gasteiger partial charge on any atom is -0.481 e. The van der Waals surface area contributed by atoms with Gasteiger partial charge in [-0.05, 0) is 25.7 Å². The van der Waals surface area contributed by atoms with E-state index in [1.807, 2.05) is 18.7 Å².